The molecule has 2 aromatic heterocycles. The molecular weight excluding hydrogens is 370 g/mol. The highest BCUT2D eigenvalue weighted by atomic mass is 35.5. The van der Waals surface area contributed by atoms with E-state index in [-0.39, 0.29) is 17.8 Å². The molecule has 9 heteroatoms. The monoisotopic (exact) mass is 387 g/mol. The summed E-state index contributed by atoms with van der Waals surface area (Å²) < 4.78 is 8.70. The number of aromatic nitrogens is 4. The molecule has 2 N–H and O–H groups in total. The van der Waals surface area contributed by atoms with Crippen molar-refractivity contribution in [3.63, 3.8) is 0 Å². The Hall–Kier alpha value is -2.58. The topological polar surface area (TPSA) is 94.2 Å². The van der Waals surface area contributed by atoms with Crippen molar-refractivity contribution in [2.75, 3.05) is 11.9 Å². The van der Waals surface area contributed by atoms with E-state index in [2.05, 4.69) is 15.3 Å². The van der Waals surface area contributed by atoms with E-state index in [1.54, 1.807) is 23.9 Å². The second-order valence-corrected chi connectivity index (χ2v) is 7.46. The van der Waals surface area contributed by atoms with Gasteiger partial charge in [0.2, 0.25) is 5.95 Å². The van der Waals surface area contributed by atoms with Gasteiger partial charge < -0.3 is 15.2 Å². The predicted octanol–water partition coefficient (Wildman–Crippen LogP) is 2.16. The molecule has 1 aliphatic carbocycles. The van der Waals surface area contributed by atoms with Crippen LogP contribution in [0.4, 0.5) is 11.6 Å². The first-order valence-corrected chi connectivity index (χ1v) is 9.23. The maximum atomic E-state index is 12.6. The second kappa shape index (κ2) is 5.97. The molecule has 3 aromatic rings. The van der Waals surface area contributed by atoms with Crippen LogP contribution >= 0.6 is 11.6 Å². The third kappa shape index (κ3) is 2.59. The molecule has 1 saturated carbocycles. The zero-order chi connectivity index (χ0) is 18.7. The van der Waals surface area contributed by atoms with Gasteiger partial charge in [-0.2, -0.15) is 4.98 Å². The summed E-state index contributed by atoms with van der Waals surface area (Å²) in [6, 6.07) is 3.69. The van der Waals surface area contributed by atoms with Gasteiger partial charge in [-0.3, -0.25) is 9.13 Å². The van der Waals surface area contributed by atoms with Crippen LogP contribution in [0.2, 0.25) is 5.02 Å². The Labute approximate surface area is 159 Å². The van der Waals surface area contributed by atoms with Gasteiger partial charge in [0, 0.05) is 25.6 Å². The molecule has 0 atom stereocenters. The summed E-state index contributed by atoms with van der Waals surface area (Å²) in [6.45, 7) is 0.654. The Morgan fingerprint density at radius 3 is 2.96 bits per heavy atom. The average molecular weight is 388 g/mol. The number of nitrogens with one attached hydrogen (secondary N) is 1. The lowest BCUT2D eigenvalue weighted by atomic mass is 9.89. The van der Waals surface area contributed by atoms with Crippen molar-refractivity contribution in [1.29, 1.82) is 0 Å². The van der Waals surface area contributed by atoms with E-state index in [0.29, 0.717) is 47.3 Å². The normalized spacial score (nSPS) is 21.0. The van der Waals surface area contributed by atoms with Gasteiger partial charge in [0.15, 0.2) is 5.65 Å². The standard InChI is InChI=1S/C18H18ClN5O3/c1-23-14-8-20-17(21-13-4-9-2-3-27-15(9)7-12(13)19)22-16(14)24(18(23)26)10-5-11(25)6-10/h4,7-8,10-11,25H,2-3,5-6H2,1H3,(H,20,21,22). The Balaban J connectivity index is 1.55. The minimum absolute atomic E-state index is 0.0420. The van der Waals surface area contributed by atoms with Crippen LogP contribution < -0.4 is 15.7 Å². The first-order chi connectivity index (χ1) is 13.0. The van der Waals surface area contributed by atoms with E-state index in [0.717, 1.165) is 17.7 Å². The van der Waals surface area contributed by atoms with Gasteiger partial charge in [-0.15, -0.1) is 0 Å². The molecule has 0 radical (unpaired) electrons. The zero-order valence-corrected chi connectivity index (χ0v) is 15.4. The van der Waals surface area contributed by atoms with Gasteiger partial charge in [-0.25, -0.2) is 9.78 Å². The maximum Gasteiger partial charge on any atom is 0.330 e. The number of halogens is 1. The molecule has 0 amide bonds. The van der Waals surface area contributed by atoms with Gasteiger partial charge in [0.1, 0.15) is 11.3 Å². The molecule has 140 valence electrons. The van der Waals surface area contributed by atoms with E-state index in [1.165, 1.54) is 4.57 Å². The first kappa shape index (κ1) is 16.6. The summed E-state index contributed by atoms with van der Waals surface area (Å²) in [6.07, 6.45) is 3.22. The third-order valence-electron chi connectivity index (χ3n) is 5.31. The van der Waals surface area contributed by atoms with Crippen LogP contribution in [0.25, 0.3) is 11.2 Å². The third-order valence-corrected chi connectivity index (χ3v) is 5.62. The quantitative estimate of drug-likeness (QED) is 0.715. The van der Waals surface area contributed by atoms with Crippen molar-refractivity contribution < 1.29 is 9.84 Å². The van der Waals surface area contributed by atoms with Gasteiger partial charge >= 0.3 is 5.69 Å². The lowest BCUT2D eigenvalue weighted by Crippen LogP contribution is -2.37. The first-order valence-electron chi connectivity index (χ1n) is 8.85. The molecule has 0 unspecified atom stereocenters. The largest absolute Gasteiger partial charge is 0.493 e. The smallest absolute Gasteiger partial charge is 0.330 e. The second-order valence-electron chi connectivity index (χ2n) is 7.06. The average Bonchev–Trinajstić information content (AvgIpc) is 3.16. The van der Waals surface area contributed by atoms with Crippen molar-refractivity contribution >= 4 is 34.4 Å². The highest BCUT2D eigenvalue weighted by Crippen LogP contribution is 2.36. The number of hydrogen-bond acceptors (Lipinski definition) is 6. The van der Waals surface area contributed by atoms with Crippen LogP contribution in [0.3, 0.4) is 0 Å². The number of aryl methyl sites for hydroxylation is 1. The Kier molecular flexibility index (Phi) is 3.66. The minimum Gasteiger partial charge on any atom is -0.493 e. The van der Waals surface area contributed by atoms with Gasteiger partial charge in [0.25, 0.3) is 0 Å². The van der Waals surface area contributed by atoms with Crippen LogP contribution in [0.15, 0.2) is 23.1 Å². The molecule has 8 nitrogen and oxygen atoms in total. The van der Waals surface area contributed by atoms with E-state index < -0.39 is 0 Å². The van der Waals surface area contributed by atoms with E-state index in [9.17, 15) is 9.90 Å². The predicted molar refractivity (Wildman–Crippen MR) is 101 cm³/mol. The molecule has 1 fully saturated rings. The number of aliphatic hydroxyl groups is 1. The fourth-order valence-electron chi connectivity index (χ4n) is 3.71. The Morgan fingerprint density at radius 1 is 1.37 bits per heavy atom. The van der Waals surface area contributed by atoms with Gasteiger partial charge in [-0.05, 0) is 24.5 Å². The lowest BCUT2D eigenvalue weighted by Gasteiger charge is -2.31. The van der Waals surface area contributed by atoms with Crippen molar-refractivity contribution in [2.24, 2.45) is 7.05 Å². The van der Waals surface area contributed by atoms with Crippen LogP contribution in [-0.2, 0) is 13.5 Å². The van der Waals surface area contributed by atoms with Crippen LogP contribution in [0.5, 0.6) is 5.75 Å². The molecule has 5 rings (SSSR count). The minimum atomic E-state index is -0.357. The number of ether oxygens (including phenoxy) is 1. The number of fused-ring (bicyclic) bond motifs is 2. The van der Waals surface area contributed by atoms with E-state index in [4.69, 9.17) is 16.3 Å². The lowest BCUT2D eigenvalue weighted by molar-refractivity contribution is 0.0484. The fraction of sp³-hybridized carbons (Fsp3) is 0.389. The Morgan fingerprint density at radius 2 is 2.19 bits per heavy atom. The molecule has 0 spiro atoms. The summed E-state index contributed by atoms with van der Waals surface area (Å²) in [5.74, 6) is 1.17. The van der Waals surface area contributed by atoms with Gasteiger partial charge in [0.05, 0.1) is 29.6 Å². The Bertz CT molecular complexity index is 1120. The van der Waals surface area contributed by atoms with Crippen LogP contribution in [0, 0.1) is 0 Å². The number of aliphatic hydroxyl groups excluding tert-OH is 1. The molecule has 27 heavy (non-hydrogen) atoms. The number of imidazole rings is 1. The number of hydrogen-bond donors (Lipinski definition) is 2. The number of benzene rings is 1. The van der Waals surface area contributed by atoms with E-state index >= 15 is 0 Å². The van der Waals surface area contributed by atoms with Crippen molar-refractivity contribution in [3.8, 4) is 5.75 Å². The van der Waals surface area contributed by atoms with Crippen LogP contribution in [0.1, 0.15) is 24.4 Å². The fourth-order valence-corrected chi connectivity index (χ4v) is 3.91. The van der Waals surface area contributed by atoms with Gasteiger partial charge in [-0.1, -0.05) is 11.6 Å². The van der Waals surface area contributed by atoms with Crippen LogP contribution in [-0.4, -0.2) is 36.9 Å². The number of nitrogens with zero attached hydrogens (tertiary/aromatic N) is 4. The summed E-state index contributed by atoms with van der Waals surface area (Å²) in [5.41, 5.74) is 2.84. The molecular formula is C18H18ClN5O3. The van der Waals surface area contributed by atoms with Crippen molar-refractivity contribution in [3.05, 3.63) is 39.4 Å². The molecule has 1 aromatic carbocycles. The summed E-state index contributed by atoms with van der Waals surface area (Å²) >= 11 is 6.35. The molecule has 0 saturated heterocycles. The molecule has 0 bridgehead atoms. The summed E-state index contributed by atoms with van der Waals surface area (Å²) in [5, 5.41) is 13.3. The van der Waals surface area contributed by atoms with E-state index in [1.807, 2.05) is 6.07 Å². The summed E-state index contributed by atoms with van der Waals surface area (Å²) in [7, 11) is 1.70. The highest BCUT2D eigenvalue weighted by molar-refractivity contribution is 6.33. The molecule has 2 aliphatic rings. The molecule has 3 heterocycles. The zero-order valence-electron chi connectivity index (χ0n) is 14.6. The molecule has 1 aliphatic heterocycles. The SMILES string of the molecule is Cn1c(=O)n(C2CC(O)C2)c2nc(Nc3cc4c(cc3Cl)OCC4)ncc21. The van der Waals surface area contributed by atoms with Crippen molar-refractivity contribution in [1.82, 2.24) is 19.1 Å². The summed E-state index contributed by atoms with van der Waals surface area (Å²) in [4.78, 5) is 21.5. The number of rotatable bonds is 3. The van der Waals surface area contributed by atoms with Crippen molar-refractivity contribution in [2.45, 2.75) is 31.4 Å². The maximum absolute atomic E-state index is 12.6. The highest BCUT2D eigenvalue weighted by Gasteiger charge is 2.32. The number of anilines is 2.